The van der Waals surface area contributed by atoms with Crippen molar-refractivity contribution in [3.63, 3.8) is 0 Å². The van der Waals surface area contributed by atoms with Crippen molar-refractivity contribution < 1.29 is 40.5 Å². The molecule has 0 aliphatic carbocycles. The summed E-state index contributed by atoms with van der Waals surface area (Å²) >= 11 is 0. The first-order valence-corrected chi connectivity index (χ1v) is 11.6. The van der Waals surface area contributed by atoms with E-state index in [0.29, 0.717) is 4.90 Å². The van der Waals surface area contributed by atoms with E-state index in [1.54, 1.807) is 0 Å². The Morgan fingerprint density at radius 2 is 1.64 bits per heavy atom. The maximum Gasteiger partial charge on any atom is 0.416 e. The van der Waals surface area contributed by atoms with Crippen LogP contribution in [0.5, 0.6) is 0 Å². The number of hydrogen-bond acceptors (Lipinski definition) is 4. The number of carbonyl (C=O) groups excluding carboxylic acids is 2. The van der Waals surface area contributed by atoms with Gasteiger partial charge in [0.25, 0.3) is 5.91 Å². The van der Waals surface area contributed by atoms with Crippen LogP contribution in [0.1, 0.15) is 12.0 Å². The van der Waals surface area contributed by atoms with E-state index in [2.05, 4.69) is 0 Å². The second kappa shape index (κ2) is 8.50. The summed E-state index contributed by atoms with van der Waals surface area (Å²) in [6.07, 6.45) is -4.81. The van der Waals surface area contributed by atoms with E-state index in [4.69, 9.17) is 0 Å². The fourth-order valence-electron chi connectivity index (χ4n) is 4.20. The minimum absolute atomic E-state index is 0.00747. The molecule has 2 heterocycles. The lowest BCUT2D eigenvalue weighted by molar-refractivity contribution is -0.918. The fourth-order valence-corrected chi connectivity index (χ4v) is 5.71. The molecule has 4 rings (SSSR count). The summed E-state index contributed by atoms with van der Waals surface area (Å²) in [4.78, 5) is 26.4. The number of imide groups is 1. The number of piperazine rings is 1. The van der Waals surface area contributed by atoms with Gasteiger partial charge in [0.15, 0.2) is 6.04 Å². The molecule has 12 heteroatoms. The minimum Gasteiger partial charge on any atom is -0.322 e. The quantitative estimate of drug-likeness (QED) is 0.518. The predicted octanol–water partition coefficient (Wildman–Crippen LogP) is 1.07. The van der Waals surface area contributed by atoms with Crippen LogP contribution in [-0.4, -0.2) is 56.8 Å². The molecule has 2 aromatic rings. The molecule has 0 spiro atoms. The maximum absolute atomic E-state index is 14.0. The van der Waals surface area contributed by atoms with Crippen molar-refractivity contribution in [1.29, 1.82) is 0 Å². The zero-order valence-electron chi connectivity index (χ0n) is 17.2. The zero-order valence-corrected chi connectivity index (χ0v) is 18.0. The number of hydrogen-bond donors (Lipinski definition) is 1. The average Bonchev–Trinajstić information content (AvgIpc) is 3.07. The van der Waals surface area contributed by atoms with Gasteiger partial charge in [-0.3, -0.25) is 9.59 Å². The Morgan fingerprint density at radius 3 is 2.27 bits per heavy atom. The Bertz CT molecular complexity index is 1190. The molecule has 176 valence electrons. The summed E-state index contributed by atoms with van der Waals surface area (Å²) in [5.74, 6) is -2.10. The van der Waals surface area contributed by atoms with Gasteiger partial charge in [-0.1, -0.05) is 18.2 Å². The van der Waals surface area contributed by atoms with Crippen LogP contribution in [0, 0.1) is 5.82 Å². The van der Waals surface area contributed by atoms with Crippen LogP contribution in [0.3, 0.4) is 0 Å². The van der Waals surface area contributed by atoms with Crippen LogP contribution < -0.4 is 9.80 Å². The van der Waals surface area contributed by atoms with Gasteiger partial charge in [-0.25, -0.2) is 17.7 Å². The third-order valence-corrected chi connectivity index (χ3v) is 7.82. The van der Waals surface area contributed by atoms with Crippen LogP contribution in [0.2, 0.25) is 0 Å². The van der Waals surface area contributed by atoms with Crippen LogP contribution in [0.15, 0.2) is 53.4 Å². The van der Waals surface area contributed by atoms with Gasteiger partial charge in [-0.2, -0.15) is 17.5 Å². The van der Waals surface area contributed by atoms with Crippen molar-refractivity contribution in [2.75, 3.05) is 31.1 Å². The highest BCUT2D eigenvalue weighted by atomic mass is 32.2. The highest BCUT2D eigenvalue weighted by Gasteiger charge is 2.47. The molecule has 0 bridgehead atoms. The number of alkyl halides is 3. The van der Waals surface area contributed by atoms with Gasteiger partial charge in [0.1, 0.15) is 10.7 Å². The molecular weight excluding hydrogens is 466 g/mol. The van der Waals surface area contributed by atoms with Gasteiger partial charge in [0, 0.05) is 0 Å². The van der Waals surface area contributed by atoms with Crippen molar-refractivity contribution in [2.24, 2.45) is 0 Å². The zero-order chi connectivity index (χ0) is 24.0. The van der Waals surface area contributed by atoms with E-state index in [-0.39, 0.29) is 38.3 Å². The molecule has 2 aromatic carbocycles. The minimum atomic E-state index is -4.62. The molecule has 0 unspecified atom stereocenters. The first kappa shape index (κ1) is 23.3. The molecule has 33 heavy (non-hydrogen) atoms. The number of carbonyl (C=O) groups is 2. The first-order valence-electron chi connectivity index (χ1n) is 10.1. The molecule has 2 saturated heterocycles. The monoisotopic (exact) mass is 486 g/mol. The molecule has 2 aliphatic rings. The highest BCUT2D eigenvalue weighted by Crippen LogP contribution is 2.33. The van der Waals surface area contributed by atoms with Crippen molar-refractivity contribution in [3.05, 3.63) is 59.9 Å². The molecule has 1 N–H and O–H groups in total. The Morgan fingerprint density at radius 1 is 0.970 bits per heavy atom. The van der Waals surface area contributed by atoms with Gasteiger partial charge >= 0.3 is 6.18 Å². The molecule has 0 saturated carbocycles. The van der Waals surface area contributed by atoms with Crippen LogP contribution in [-0.2, 0) is 25.8 Å². The standard InChI is InChI=1S/C21H19F4N3O4S/c22-16-6-1-2-7-18(16)33(31,32)27-10-8-26(9-11-27)17-13-19(29)28(20(17)30)15-5-3-4-14(12-15)21(23,24)25/h1-7,12,17H,8-11,13H2/p+1/t17-/m1/s1. The van der Waals surface area contributed by atoms with E-state index in [1.165, 1.54) is 24.3 Å². The summed E-state index contributed by atoms with van der Waals surface area (Å²) in [7, 11) is -4.06. The number of amides is 2. The third kappa shape index (κ3) is 4.37. The summed E-state index contributed by atoms with van der Waals surface area (Å²) < 4.78 is 79.7. The number of quaternary nitrogens is 1. The summed E-state index contributed by atoms with van der Waals surface area (Å²) in [5, 5.41) is 0. The summed E-state index contributed by atoms with van der Waals surface area (Å²) in [5.41, 5.74) is -1.12. The summed E-state index contributed by atoms with van der Waals surface area (Å²) in [6.45, 7) is 0.392. The highest BCUT2D eigenvalue weighted by molar-refractivity contribution is 7.89. The van der Waals surface area contributed by atoms with Gasteiger partial charge in [0.2, 0.25) is 15.9 Å². The Labute approximate surface area is 187 Å². The van der Waals surface area contributed by atoms with E-state index >= 15 is 0 Å². The molecule has 2 amide bonds. The lowest BCUT2D eigenvalue weighted by Gasteiger charge is -2.33. The second-order valence-corrected chi connectivity index (χ2v) is 9.77. The molecule has 2 fully saturated rings. The predicted molar refractivity (Wildman–Crippen MR) is 108 cm³/mol. The van der Waals surface area contributed by atoms with Gasteiger partial charge < -0.3 is 4.90 Å². The number of halogens is 4. The number of benzene rings is 2. The van der Waals surface area contributed by atoms with Crippen molar-refractivity contribution >= 4 is 27.5 Å². The second-order valence-electron chi connectivity index (χ2n) is 7.86. The smallest absolute Gasteiger partial charge is 0.322 e. The number of nitrogens with one attached hydrogen (secondary N) is 1. The number of nitrogens with zero attached hydrogens (tertiary/aromatic N) is 2. The SMILES string of the molecule is O=C1C[C@@H]([NH+]2CCN(S(=O)(=O)c3ccccc3F)CC2)C(=O)N1c1cccc(C(F)(F)F)c1. The lowest BCUT2D eigenvalue weighted by Crippen LogP contribution is -3.19. The van der Waals surface area contributed by atoms with E-state index in [9.17, 15) is 35.6 Å². The Balaban J connectivity index is 1.47. The van der Waals surface area contributed by atoms with E-state index < -0.39 is 50.3 Å². The average molecular weight is 486 g/mol. The third-order valence-electron chi connectivity index (χ3n) is 5.89. The molecule has 7 nitrogen and oxygen atoms in total. The Kier molecular flexibility index (Phi) is 6.01. The molecule has 1 atom stereocenters. The van der Waals surface area contributed by atoms with Crippen molar-refractivity contribution in [1.82, 2.24) is 4.31 Å². The molecular formula is C21H20F4N3O4S+. The lowest BCUT2D eigenvalue weighted by atomic mass is 10.1. The maximum atomic E-state index is 14.0. The van der Waals surface area contributed by atoms with Gasteiger partial charge in [-0.05, 0) is 30.3 Å². The number of rotatable bonds is 4. The van der Waals surface area contributed by atoms with E-state index in [0.717, 1.165) is 33.5 Å². The van der Waals surface area contributed by atoms with Crippen molar-refractivity contribution in [2.45, 2.75) is 23.5 Å². The number of sulfonamides is 1. The largest absolute Gasteiger partial charge is 0.416 e. The van der Waals surface area contributed by atoms with E-state index in [1.807, 2.05) is 0 Å². The van der Waals surface area contributed by atoms with Crippen LogP contribution in [0.25, 0.3) is 0 Å². The topological polar surface area (TPSA) is 79.2 Å². The first-order chi connectivity index (χ1) is 15.5. The molecule has 2 aliphatic heterocycles. The Hall–Kier alpha value is -2.83. The van der Waals surface area contributed by atoms with Crippen molar-refractivity contribution in [3.8, 4) is 0 Å². The molecule has 0 aromatic heterocycles. The molecule has 0 radical (unpaired) electrons. The van der Waals surface area contributed by atoms with Gasteiger partial charge in [-0.15, -0.1) is 0 Å². The van der Waals surface area contributed by atoms with Crippen LogP contribution in [0.4, 0.5) is 23.2 Å². The van der Waals surface area contributed by atoms with Crippen LogP contribution >= 0.6 is 0 Å². The van der Waals surface area contributed by atoms with Gasteiger partial charge in [0.05, 0.1) is 43.9 Å². The number of anilines is 1. The fraction of sp³-hybridized carbons (Fsp3) is 0.333. The summed E-state index contributed by atoms with van der Waals surface area (Å²) in [6, 6.07) is 8.21. The normalized spacial score (nSPS) is 21.1.